The summed E-state index contributed by atoms with van der Waals surface area (Å²) in [7, 11) is 4.25. The van der Waals surface area contributed by atoms with Gasteiger partial charge >= 0.3 is 0 Å². The summed E-state index contributed by atoms with van der Waals surface area (Å²) in [5.41, 5.74) is 1.31. The van der Waals surface area contributed by atoms with E-state index in [-0.39, 0.29) is 0 Å². The molecule has 20 heavy (non-hydrogen) atoms. The minimum Gasteiger partial charge on any atom is -0.468 e. The average Bonchev–Trinajstić information content (AvgIpc) is 2.80. The van der Waals surface area contributed by atoms with E-state index >= 15 is 0 Å². The highest BCUT2D eigenvalue weighted by Gasteiger charge is 2.13. The van der Waals surface area contributed by atoms with Gasteiger partial charge in [0.05, 0.1) is 12.8 Å². The van der Waals surface area contributed by atoms with Crippen molar-refractivity contribution in [1.29, 1.82) is 0 Å². The lowest BCUT2D eigenvalue weighted by Gasteiger charge is -2.25. The van der Waals surface area contributed by atoms with Crippen LogP contribution in [-0.4, -0.2) is 50.1 Å². The maximum atomic E-state index is 5.60. The lowest BCUT2D eigenvalue weighted by Crippen LogP contribution is -2.34. The molecule has 1 N–H and O–H groups in total. The predicted octanol–water partition coefficient (Wildman–Crippen LogP) is 2.41. The maximum Gasteiger partial charge on any atom is 0.122 e. The Morgan fingerprint density at radius 2 is 2.00 bits per heavy atom. The first-order valence-corrected chi connectivity index (χ1v) is 7.66. The largest absolute Gasteiger partial charge is 0.468 e. The molecule has 1 heterocycles. The summed E-state index contributed by atoms with van der Waals surface area (Å²) >= 11 is 0. The first-order valence-electron chi connectivity index (χ1n) is 7.66. The summed E-state index contributed by atoms with van der Waals surface area (Å²) in [5, 5.41) is 3.33. The molecule has 0 saturated carbocycles. The van der Waals surface area contributed by atoms with Gasteiger partial charge in [-0.05, 0) is 32.6 Å². The molecule has 0 saturated heterocycles. The van der Waals surface area contributed by atoms with Crippen molar-refractivity contribution in [3.05, 3.63) is 23.7 Å². The van der Waals surface area contributed by atoms with Gasteiger partial charge in [-0.25, -0.2) is 0 Å². The highest BCUT2D eigenvalue weighted by molar-refractivity contribution is 5.16. The number of rotatable bonds is 10. The molecular formula is C16H31N3O. The van der Waals surface area contributed by atoms with Crippen LogP contribution in [0.15, 0.2) is 16.7 Å². The van der Waals surface area contributed by atoms with Gasteiger partial charge < -0.3 is 14.6 Å². The molecular weight excluding hydrogens is 250 g/mol. The summed E-state index contributed by atoms with van der Waals surface area (Å²) < 4.78 is 5.60. The van der Waals surface area contributed by atoms with Gasteiger partial charge in [0.25, 0.3) is 0 Å². The fourth-order valence-corrected chi connectivity index (χ4v) is 2.24. The standard InChI is InChI=1S/C16H31N3O/c1-6-17-11-16-15(7-10-20-16)13-19(12-14(2)3)9-8-18(4)5/h7,10,14,17H,6,8-9,11-13H2,1-5H3. The van der Waals surface area contributed by atoms with Gasteiger partial charge in [-0.1, -0.05) is 20.8 Å². The summed E-state index contributed by atoms with van der Waals surface area (Å²) in [6, 6.07) is 2.11. The van der Waals surface area contributed by atoms with Gasteiger partial charge in [-0.15, -0.1) is 0 Å². The van der Waals surface area contributed by atoms with Crippen LogP contribution in [-0.2, 0) is 13.1 Å². The first kappa shape index (κ1) is 17.2. The second kappa shape index (κ2) is 9.16. The zero-order chi connectivity index (χ0) is 15.0. The van der Waals surface area contributed by atoms with Gasteiger partial charge in [0.15, 0.2) is 0 Å². The summed E-state index contributed by atoms with van der Waals surface area (Å²) in [6.45, 7) is 12.7. The van der Waals surface area contributed by atoms with Crippen molar-refractivity contribution in [3.63, 3.8) is 0 Å². The number of nitrogens with zero attached hydrogens (tertiary/aromatic N) is 2. The maximum absolute atomic E-state index is 5.60. The van der Waals surface area contributed by atoms with E-state index < -0.39 is 0 Å². The monoisotopic (exact) mass is 281 g/mol. The zero-order valence-corrected chi connectivity index (χ0v) is 13.8. The van der Waals surface area contributed by atoms with E-state index in [2.05, 4.69) is 56.0 Å². The van der Waals surface area contributed by atoms with Crippen LogP contribution in [0.3, 0.4) is 0 Å². The van der Waals surface area contributed by atoms with Crippen molar-refractivity contribution in [2.45, 2.75) is 33.9 Å². The summed E-state index contributed by atoms with van der Waals surface area (Å²) in [6.07, 6.45) is 1.81. The average molecular weight is 281 g/mol. The Bertz CT molecular complexity index is 360. The molecule has 0 spiro atoms. The molecule has 0 aliphatic heterocycles. The molecule has 0 fully saturated rings. The molecule has 0 amide bonds. The van der Waals surface area contributed by atoms with Crippen LogP contribution in [0.1, 0.15) is 32.1 Å². The molecule has 0 unspecified atom stereocenters. The molecule has 0 aliphatic carbocycles. The number of hydrogen-bond acceptors (Lipinski definition) is 4. The van der Waals surface area contributed by atoms with Crippen LogP contribution in [0.25, 0.3) is 0 Å². The third-order valence-electron chi connectivity index (χ3n) is 3.25. The van der Waals surface area contributed by atoms with Crippen LogP contribution in [0.4, 0.5) is 0 Å². The number of furan rings is 1. The number of hydrogen-bond donors (Lipinski definition) is 1. The van der Waals surface area contributed by atoms with Crippen LogP contribution >= 0.6 is 0 Å². The van der Waals surface area contributed by atoms with Gasteiger partial charge in [0, 0.05) is 31.7 Å². The topological polar surface area (TPSA) is 31.7 Å². The molecule has 0 atom stereocenters. The highest BCUT2D eigenvalue weighted by Crippen LogP contribution is 2.14. The smallest absolute Gasteiger partial charge is 0.122 e. The van der Waals surface area contributed by atoms with E-state index in [0.717, 1.165) is 45.0 Å². The molecule has 0 aromatic carbocycles. The summed E-state index contributed by atoms with van der Waals surface area (Å²) in [5.74, 6) is 1.76. The Balaban J connectivity index is 2.60. The Labute approximate surface area is 124 Å². The Morgan fingerprint density at radius 3 is 2.60 bits per heavy atom. The van der Waals surface area contributed by atoms with E-state index in [4.69, 9.17) is 4.42 Å². The van der Waals surface area contributed by atoms with Crippen molar-refractivity contribution < 1.29 is 4.42 Å². The zero-order valence-electron chi connectivity index (χ0n) is 13.8. The first-order chi connectivity index (χ1) is 9.52. The van der Waals surface area contributed by atoms with Crippen LogP contribution in [0.2, 0.25) is 0 Å². The second-order valence-electron chi connectivity index (χ2n) is 6.08. The second-order valence-corrected chi connectivity index (χ2v) is 6.08. The van der Waals surface area contributed by atoms with Gasteiger partial charge in [0.2, 0.25) is 0 Å². The SMILES string of the molecule is CCNCc1occc1CN(CCN(C)C)CC(C)C. The number of nitrogens with one attached hydrogen (secondary N) is 1. The van der Waals surface area contributed by atoms with Gasteiger partial charge in [0.1, 0.15) is 5.76 Å². The summed E-state index contributed by atoms with van der Waals surface area (Å²) in [4.78, 5) is 4.76. The molecule has 116 valence electrons. The minimum atomic E-state index is 0.682. The fraction of sp³-hybridized carbons (Fsp3) is 0.750. The highest BCUT2D eigenvalue weighted by atomic mass is 16.3. The van der Waals surface area contributed by atoms with Crippen molar-refractivity contribution in [1.82, 2.24) is 15.1 Å². The molecule has 4 heteroatoms. The Morgan fingerprint density at radius 1 is 1.25 bits per heavy atom. The van der Waals surface area contributed by atoms with E-state index in [1.54, 1.807) is 0 Å². The quantitative estimate of drug-likeness (QED) is 0.714. The normalized spacial score (nSPS) is 12.0. The minimum absolute atomic E-state index is 0.682. The Hall–Kier alpha value is -0.840. The van der Waals surface area contributed by atoms with Crippen LogP contribution in [0.5, 0.6) is 0 Å². The predicted molar refractivity (Wildman–Crippen MR) is 84.8 cm³/mol. The van der Waals surface area contributed by atoms with Crippen molar-refractivity contribution in [3.8, 4) is 0 Å². The molecule has 1 aromatic rings. The lowest BCUT2D eigenvalue weighted by molar-refractivity contribution is 0.210. The molecule has 1 rings (SSSR count). The fourth-order valence-electron chi connectivity index (χ4n) is 2.24. The van der Waals surface area contributed by atoms with Crippen LogP contribution < -0.4 is 5.32 Å². The molecule has 0 radical (unpaired) electrons. The molecule has 4 nitrogen and oxygen atoms in total. The molecule has 1 aromatic heterocycles. The van der Waals surface area contributed by atoms with Crippen molar-refractivity contribution >= 4 is 0 Å². The molecule has 0 aliphatic rings. The van der Waals surface area contributed by atoms with E-state index in [1.165, 1.54) is 5.56 Å². The van der Waals surface area contributed by atoms with Crippen molar-refractivity contribution in [2.75, 3.05) is 40.3 Å². The number of likely N-dealkylation sites (N-methyl/N-ethyl adjacent to an activating group) is 1. The van der Waals surface area contributed by atoms with E-state index in [9.17, 15) is 0 Å². The lowest BCUT2D eigenvalue weighted by atomic mass is 10.1. The molecule has 0 bridgehead atoms. The third kappa shape index (κ3) is 6.55. The van der Waals surface area contributed by atoms with Gasteiger partial charge in [-0.3, -0.25) is 4.90 Å². The van der Waals surface area contributed by atoms with Crippen molar-refractivity contribution in [2.24, 2.45) is 5.92 Å². The Kier molecular flexibility index (Phi) is 7.88. The third-order valence-corrected chi connectivity index (χ3v) is 3.25. The van der Waals surface area contributed by atoms with E-state index in [1.807, 2.05) is 6.26 Å². The van der Waals surface area contributed by atoms with E-state index in [0.29, 0.717) is 5.92 Å². The van der Waals surface area contributed by atoms with Gasteiger partial charge in [-0.2, -0.15) is 0 Å². The van der Waals surface area contributed by atoms with Crippen LogP contribution in [0, 0.1) is 5.92 Å².